The number of carbonyl (C=O) groups is 1. The third-order valence-electron chi connectivity index (χ3n) is 3.73. The summed E-state index contributed by atoms with van der Waals surface area (Å²) in [5.74, 6) is -0.162. The molecule has 0 saturated carbocycles. The van der Waals surface area contributed by atoms with Crippen LogP contribution in [0.25, 0.3) is 0 Å². The first-order valence-corrected chi connectivity index (χ1v) is 6.19. The van der Waals surface area contributed by atoms with Gasteiger partial charge in [0.15, 0.2) is 0 Å². The van der Waals surface area contributed by atoms with E-state index >= 15 is 0 Å². The fourth-order valence-corrected chi connectivity index (χ4v) is 2.70. The molecule has 1 heterocycles. The third kappa shape index (κ3) is 2.86. The monoisotopic (exact) mass is 233 g/mol. The van der Waals surface area contributed by atoms with Crippen LogP contribution >= 0.6 is 0 Å². The van der Waals surface area contributed by atoms with Gasteiger partial charge in [0, 0.05) is 18.5 Å². The van der Waals surface area contributed by atoms with Gasteiger partial charge in [-0.25, -0.2) is 0 Å². The summed E-state index contributed by atoms with van der Waals surface area (Å²) in [7, 11) is 0. The Labute approximate surface area is 102 Å². The maximum Gasteiger partial charge on any atom is 0.304 e. The van der Waals surface area contributed by atoms with Crippen LogP contribution in [0, 0.1) is 0 Å². The van der Waals surface area contributed by atoms with E-state index in [1.54, 1.807) is 0 Å². The number of rotatable bonds is 4. The summed E-state index contributed by atoms with van der Waals surface area (Å²) in [5.41, 5.74) is 1.37. The van der Waals surface area contributed by atoms with Crippen molar-refractivity contribution in [1.82, 2.24) is 4.90 Å². The van der Waals surface area contributed by atoms with Crippen LogP contribution in [0.15, 0.2) is 30.3 Å². The Balaban J connectivity index is 1.98. The molecule has 0 spiro atoms. The van der Waals surface area contributed by atoms with Gasteiger partial charge in [0.25, 0.3) is 0 Å². The summed E-state index contributed by atoms with van der Waals surface area (Å²) in [6.45, 7) is 3.88. The molecule has 1 aromatic carbocycles. The van der Waals surface area contributed by atoms with Crippen molar-refractivity contribution in [3.05, 3.63) is 35.9 Å². The minimum absolute atomic E-state index is 0.242. The lowest BCUT2D eigenvalue weighted by Crippen LogP contribution is -2.31. The highest BCUT2D eigenvalue weighted by atomic mass is 16.4. The smallest absolute Gasteiger partial charge is 0.304 e. The van der Waals surface area contributed by atoms with Crippen LogP contribution in [0.4, 0.5) is 0 Å². The van der Waals surface area contributed by atoms with Gasteiger partial charge in [-0.3, -0.25) is 9.69 Å². The standard InChI is InChI=1S/C14H19NO2/c1-11-13(12-5-3-2-4-6-12)7-9-15(11)10-8-14(16)17/h2-6,11,13H,7-10H2,1H3,(H,16,17)/t11-,13+/m1/s1. The molecule has 92 valence electrons. The van der Waals surface area contributed by atoms with E-state index in [1.807, 2.05) is 6.07 Å². The Kier molecular flexibility index (Phi) is 3.79. The molecule has 0 bridgehead atoms. The zero-order chi connectivity index (χ0) is 12.3. The number of carboxylic acid groups (broad SMARTS) is 1. The van der Waals surface area contributed by atoms with Gasteiger partial charge in [-0.2, -0.15) is 0 Å². The van der Waals surface area contributed by atoms with Crippen molar-refractivity contribution in [2.45, 2.75) is 31.7 Å². The Morgan fingerprint density at radius 1 is 1.41 bits per heavy atom. The fraction of sp³-hybridized carbons (Fsp3) is 0.500. The molecule has 2 atom stereocenters. The Morgan fingerprint density at radius 3 is 2.76 bits per heavy atom. The van der Waals surface area contributed by atoms with Gasteiger partial charge in [-0.05, 0) is 25.5 Å². The lowest BCUT2D eigenvalue weighted by Gasteiger charge is -2.24. The molecule has 2 rings (SSSR count). The number of aliphatic carboxylic acids is 1. The van der Waals surface area contributed by atoms with Gasteiger partial charge in [0.2, 0.25) is 0 Å². The van der Waals surface area contributed by atoms with Gasteiger partial charge < -0.3 is 5.11 Å². The number of benzene rings is 1. The quantitative estimate of drug-likeness (QED) is 0.867. The molecule has 0 amide bonds. The second kappa shape index (κ2) is 5.32. The van der Waals surface area contributed by atoms with E-state index in [4.69, 9.17) is 5.11 Å². The van der Waals surface area contributed by atoms with Gasteiger partial charge in [-0.15, -0.1) is 0 Å². The topological polar surface area (TPSA) is 40.5 Å². The number of hydrogen-bond donors (Lipinski definition) is 1. The normalized spacial score (nSPS) is 25.0. The Bertz CT molecular complexity index is 377. The summed E-state index contributed by atoms with van der Waals surface area (Å²) in [4.78, 5) is 12.9. The molecule has 0 aliphatic carbocycles. The van der Waals surface area contributed by atoms with Crippen LogP contribution in [0.2, 0.25) is 0 Å². The maximum atomic E-state index is 10.6. The minimum Gasteiger partial charge on any atom is -0.481 e. The average molecular weight is 233 g/mol. The Hall–Kier alpha value is -1.35. The van der Waals surface area contributed by atoms with Crippen molar-refractivity contribution < 1.29 is 9.90 Å². The predicted octanol–water partition coefficient (Wildman–Crippen LogP) is 2.34. The minimum atomic E-state index is -0.708. The highest BCUT2D eigenvalue weighted by Crippen LogP contribution is 2.32. The van der Waals surface area contributed by atoms with Crippen LogP contribution in [-0.2, 0) is 4.79 Å². The first kappa shape index (κ1) is 12.1. The third-order valence-corrected chi connectivity index (χ3v) is 3.73. The van der Waals surface area contributed by atoms with Crippen molar-refractivity contribution >= 4 is 5.97 Å². The molecule has 3 nitrogen and oxygen atoms in total. The van der Waals surface area contributed by atoms with Gasteiger partial charge in [0.05, 0.1) is 6.42 Å². The van der Waals surface area contributed by atoms with E-state index in [0.29, 0.717) is 18.5 Å². The van der Waals surface area contributed by atoms with Gasteiger partial charge >= 0.3 is 5.97 Å². The summed E-state index contributed by atoms with van der Waals surface area (Å²) >= 11 is 0. The molecule has 1 aliphatic rings. The van der Waals surface area contributed by atoms with Crippen LogP contribution in [0.3, 0.4) is 0 Å². The van der Waals surface area contributed by atoms with Crippen LogP contribution < -0.4 is 0 Å². The molecule has 0 unspecified atom stereocenters. The molecule has 0 radical (unpaired) electrons. The van der Waals surface area contributed by atoms with Crippen molar-refractivity contribution in [1.29, 1.82) is 0 Å². The molecule has 3 heteroatoms. The molecular formula is C14H19NO2. The fourth-order valence-electron chi connectivity index (χ4n) is 2.70. The van der Waals surface area contributed by atoms with Crippen molar-refractivity contribution in [2.24, 2.45) is 0 Å². The van der Waals surface area contributed by atoms with Crippen molar-refractivity contribution in [3.63, 3.8) is 0 Å². The number of hydrogen-bond acceptors (Lipinski definition) is 2. The highest BCUT2D eigenvalue weighted by molar-refractivity contribution is 5.66. The van der Waals surface area contributed by atoms with E-state index in [1.165, 1.54) is 5.56 Å². The SMILES string of the molecule is C[C@@H]1[C@@H](c2ccccc2)CCN1CCC(=O)O. The van der Waals surface area contributed by atoms with E-state index < -0.39 is 5.97 Å². The second-order valence-electron chi connectivity index (χ2n) is 4.73. The molecule has 1 aromatic rings. The second-order valence-corrected chi connectivity index (χ2v) is 4.73. The van der Waals surface area contributed by atoms with Gasteiger partial charge in [-0.1, -0.05) is 30.3 Å². The Morgan fingerprint density at radius 2 is 2.12 bits per heavy atom. The lowest BCUT2D eigenvalue weighted by atomic mass is 9.93. The number of likely N-dealkylation sites (tertiary alicyclic amines) is 1. The zero-order valence-electron chi connectivity index (χ0n) is 10.2. The van der Waals surface area contributed by atoms with Crippen LogP contribution in [-0.4, -0.2) is 35.1 Å². The first-order chi connectivity index (χ1) is 8.18. The predicted molar refractivity (Wildman–Crippen MR) is 67.1 cm³/mol. The maximum absolute atomic E-state index is 10.6. The largest absolute Gasteiger partial charge is 0.481 e. The number of nitrogens with zero attached hydrogens (tertiary/aromatic N) is 1. The van der Waals surface area contributed by atoms with E-state index in [0.717, 1.165) is 13.0 Å². The van der Waals surface area contributed by atoms with Crippen molar-refractivity contribution in [3.8, 4) is 0 Å². The first-order valence-electron chi connectivity index (χ1n) is 6.19. The van der Waals surface area contributed by atoms with Gasteiger partial charge in [0.1, 0.15) is 0 Å². The summed E-state index contributed by atoms with van der Waals surface area (Å²) in [6.07, 6.45) is 1.37. The summed E-state index contributed by atoms with van der Waals surface area (Å²) < 4.78 is 0. The molecule has 0 aromatic heterocycles. The molecule has 17 heavy (non-hydrogen) atoms. The molecule has 1 fully saturated rings. The summed E-state index contributed by atoms with van der Waals surface area (Å²) in [5, 5.41) is 8.72. The molecule has 1 N–H and O–H groups in total. The number of carboxylic acids is 1. The molecule has 1 saturated heterocycles. The van der Waals surface area contributed by atoms with Crippen molar-refractivity contribution in [2.75, 3.05) is 13.1 Å². The lowest BCUT2D eigenvalue weighted by molar-refractivity contribution is -0.137. The van der Waals surface area contributed by atoms with E-state index in [9.17, 15) is 4.79 Å². The van der Waals surface area contributed by atoms with E-state index in [2.05, 4.69) is 36.1 Å². The van der Waals surface area contributed by atoms with Crippen LogP contribution in [0.1, 0.15) is 31.2 Å². The van der Waals surface area contributed by atoms with Crippen LogP contribution in [0.5, 0.6) is 0 Å². The summed E-state index contributed by atoms with van der Waals surface area (Å²) in [6, 6.07) is 11.0. The highest BCUT2D eigenvalue weighted by Gasteiger charge is 2.31. The zero-order valence-corrected chi connectivity index (χ0v) is 10.2. The molecular weight excluding hydrogens is 214 g/mol. The van der Waals surface area contributed by atoms with E-state index in [-0.39, 0.29) is 6.42 Å². The molecule has 1 aliphatic heterocycles. The average Bonchev–Trinajstić information content (AvgIpc) is 2.69.